The molecule has 2 heterocycles. The van der Waals surface area contributed by atoms with Gasteiger partial charge in [0.2, 0.25) is 0 Å². The van der Waals surface area contributed by atoms with Crippen LogP contribution in [-0.2, 0) is 0 Å². The van der Waals surface area contributed by atoms with Crippen LogP contribution in [0.15, 0.2) is 28.8 Å². The highest BCUT2D eigenvalue weighted by Crippen LogP contribution is 2.19. The molecule has 0 aromatic carbocycles. The second kappa shape index (κ2) is 6.43. The molecule has 0 aliphatic carbocycles. The summed E-state index contributed by atoms with van der Waals surface area (Å²) in [6.45, 7) is 8.41. The summed E-state index contributed by atoms with van der Waals surface area (Å²) >= 11 is 0. The minimum Gasteiger partial charge on any atom is -0.464 e. The van der Waals surface area contributed by atoms with Gasteiger partial charge in [0.15, 0.2) is 0 Å². The lowest BCUT2D eigenvalue weighted by Gasteiger charge is -2.14. The predicted molar refractivity (Wildman–Crippen MR) is 82.5 cm³/mol. The first-order valence-corrected chi connectivity index (χ1v) is 7.09. The van der Waals surface area contributed by atoms with Gasteiger partial charge in [-0.1, -0.05) is 0 Å². The molecule has 0 bridgehead atoms. The molecule has 0 saturated heterocycles. The highest BCUT2D eigenvalue weighted by molar-refractivity contribution is 5.99. The van der Waals surface area contributed by atoms with Gasteiger partial charge in [-0.25, -0.2) is 0 Å². The second-order valence-corrected chi connectivity index (χ2v) is 5.05. The summed E-state index contributed by atoms with van der Waals surface area (Å²) in [4.78, 5) is 16.6. The van der Waals surface area contributed by atoms with Gasteiger partial charge in [-0.3, -0.25) is 9.78 Å². The Morgan fingerprint density at radius 1 is 1.38 bits per heavy atom. The van der Waals surface area contributed by atoms with Crippen LogP contribution in [0.5, 0.6) is 0 Å². The van der Waals surface area contributed by atoms with Crippen LogP contribution < -0.4 is 10.6 Å². The lowest BCUT2D eigenvalue weighted by Crippen LogP contribution is -2.27. The van der Waals surface area contributed by atoms with Gasteiger partial charge in [-0.2, -0.15) is 0 Å². The van der Waals surface area contributed by atoms with Crippen molar-refractivity contribution in [2.45, 2.75) is 33.7 Å². The summed E-state index contributed by atoms with van der Waals surface area (Å²) in [5.41, 5.74) is 2.21. The fourth-order valence-corrected chi connectivity index (χ4v) is 2.11. The average molecular weight is 287 g/mol. The van der Waals surface area contributed by atoms with Crippen molar-refractivity contribution in [3.05, 3.63) is 47.2 Å². The lowest BCUT2D eigenvalue weighted by atomic mass is 10.1. The quantitative estimate of drug-likeness (QED) is 0.886. The maximum atomic E-state index is 12.4. The number of amides is 1. The molecule has 5 nitrogen and oxygen atoms in total. The van der Waals surface area contributed by atoms with Crippen LogP contribution in [0.25, 0.3) is 0 Å². The molecule has 0 spiro atoms. The number of aromatic nitrogens is 1. The monoisotopic (exact) mass is 287 g/mol. The van der Waals surface area contributed by atoms with E-state index < -0.39 is 0 Å². The molecule has 2 rings (SSSR count). The first-order chi connectivity index (χ1) is 10.0. The number of pyridine rings is 1. The zero-order chi connectivity index (χ0) is 15.4. The van der Waals surface area contributed by atoms with E-state index >= 15 is 0 Å². The van der Waals surface area contributed by atoms with Gasteiger partial charge < -0.3 is 15.1 Å². The average Bonchev–Trinajstić information content (AvgIpc) is 2.86. The molecule has 1 atom stereocenters. The molecular formula is C16H21N3O2. The fourth-order valence-electron chi connectivity index (χ4n) is 2.11. The van der Waals surface area contributed by atoms with Crippen molar-refractivity contribution >= 4 is 11.6 Å². The Bertz CT molecular complexity index is 634. The van der Waals surface area contributed by atoms with Gasteiger partial charge in [0.1, 0.15) is 11.5 Å². The zero-order valence-electron chi connectivity index (χ0n) is 12.9. The van der Waals surface area contributed by atoms with Crippen molar-refractivity contribution < 1.29 is 9.21 Å². The van der Waals surface area contributed by atoms with E-state index in [-0.39, 0.29) is 11.9 Å². The standard InChI is InChI=1S/C16H21N3O2/c1-5-17-14-8-10(2)18-9-13(14)16(20)19-12(4)15-7-6-11(3)21-15/h6-9,12H,5H2,1-4H3,(H,17,18)(H,19,20). The van der Waals surface area contributed by atoms with Gasteiger partial charge in [-0.15, -0.1) is 0 Å². The van der Waals surface area contributed by atoms with Crippen LogP contribution in [0.1, 0.15) is 47.5 Å². The predicted octanol–water partition coefficient (Wildman–Crippen LogP) is 3.21. The lowest BCUT2D eigenvalue weighted by molar-refractivity contribution is 0.0935. The molecule has 2 aromatic heterocycles. The van der Waals surface area contributed by atoms with Gasteiger partial charge in [-0.05, 0) is 45.9 Å². The summed E-state index contributed by atoms with van der Waals surface area (Å²) in [5.74, 6) is 1.40. The van der Waals surface area contributed by atoms with E-state index in [1.54, 1.807) is 6.20 Å². The number of rotatable bonds is 5. The third kappa shape index (κ3) is 3.62. The number of carbonyl (C=O) groups excluding carboxylic acids is 1. The smallest absolute Gasteiger partial charge is 0.255 e. The Hall–Kier alpha value is -2.30. The van der Waals surface area contributed by atoms with Crippen molar-refractivity contribution in [1.82, 2.24) is 10.3 Å². The number of furan rings is 1. The number of nitrogens with one attached hydrogen (secondary N) is 2. The first-order valence-electron chi connectivity index (χ1n) is 7.09. The molecule has 21 heavy (non-hydrogen) atoms. The molecular weight excluding hydrogens is 266 g/mol. The van der Waals surface area contributed by atoms with E-state index in [0.717, 1.165) is 29.4 Å². The van der Waals surface area contributed by atoms with E-state index in [0.29, 0.717) is 5.56 Å². The first kappa shape index (κ1) is 15.1. The highest BCUT2D eigenvalue weighted by atomic mass is 16.3. The van der Waals surface area contributed by atoms with Crippen LogP contribution >= 0.6 is 0 Å². The maximum Gasteiger partial charge on any atom is 0.255 e. The number of carbonyl (C=O) groups is 1. The van der Waals surface area contributed by atoms with Crippen LogP contribution in [0.4, 0.5) is 5.69 Å². The van der Waals surface area contributed by atoms with E-state index in [1.165, 1.54) is 0 Å². The van der Waals surface area contributed by atoms with E-state index in [1.807, 2.05) is 45.9 Å². The fraction of sp³-hybridized carbons (Fsp3) is 0.375. The molecule has 5 heteroatoms. The summed E-state index contributed by atoms with van der Waals surface area (Å²) in [5, 5.41) is 6.12. The summed E-state index contributed by atoms with van der Waals surface area (Å²) < 4.78 is 5.53. The molecule has 0 radical (unpaired) electrons. The Balaban J connectivity index is 2.16. The van der Waals surface area contributed by atoms with Crippen molar-refractivity contribution in [2.24, 2.45) is 0 Å². The third-order valence-corrected chi connectivity index (χ3v) is 3.19. The molecule has 0 aliphatic heterocycles. The van der Waals surface area contributed by atoms with Crippen LogP contribution in [-0.4, -0.2) is 17.4 Å². The molecule has 0 fully saturated rings. The van der Waals surface area contributed by atoms with Gasteiger partial charge in [0.25, 0.3) is 5.91 Å². The van der Waals surface area contributed by atoms with Crippen LogP contribution in [0.3, 0.4) is 0 Å². The topological polar surface area (TPSA) is 67.2 Å². The van der Waals surface area contributed by atoms with Crippen molar-refractivity contribution in [3.63, 3.8) is 0 Å². The van der Waals surface area contributed by atoms with Gasteiger partial charge in [0.05, 0.1) is 17.3 Å². The molecule has 2 aromatic rings. The zero-order valence-corrected chi connectivity index (χ0v) is 12.9. The Morgan fingerprint density at radius 3 is 2.76 bits per heavy atom. The number of hydrogen-bond acceptors (Lipinski definition) is 4. The molecule has 0 aliphatic rings. The third-order valence-electron chi connectivity index (χ3n) is 3.19. The largest absolute Gasteiger partial charge is 0.464 e. The minimum atomic E-state index is -0.193. The molecule has 2 N–H and O–H groups in total. The molecule has 112 valence electrons. The number of aryl methyl sites for hydroxylation is 2. The van der Waals surface area contributed by atoms with Crippen LogP contribution in [0.2, 0.25) is 0 Å². The SMILES string of the molecule is CCNc1cc(C)ncc1C(=O)NC(C)c1ccc(C)o1. The van der Waals surface area contributed by atoms with Gasteiger partial charge in [0, 0.05) is 18.4 Å². The van der Waals surface area contributed by atoms with Crippen molar-refractivity contribution in [3.8, 4) is 0 Å². The van der Waals surface area contributed by atoms with E-state index in [2.05, 4.69) is 15.6 Å². The molecule has 1 unspecified atom stereocenters. The van der Waals surface area contributed by atoms with E-state index in [9.17, 15) is 4.79 Å². The second-order valence-electron chi connectivity index (χ2n) is 5.05. The van der Waals surface area contributed by atoms with E-state index in [4.69, 9.17) is 4.42 Å². The van der Waals surface area contributed by atoms with Crippen molar-refractivity contribution in [1.29, 1.82) is 0 Å². The van der Waals surface area contributed by atoms with Gasteiger partial charge >= 0.3 is 0 Å². The van der Waals surface area contributed by atoms with Crippen molar-refractivity contribution in [2.75, 3.05) is 11.9 Å². The number of anilines is 1. The van der Waals surface area contributed by atoms with Crippen LogP contribution in [0, 0.1) is 13.8 Å². The summed E-state index contributed by atoms with van der Waals surface area (Å²) in [6, 6.07) is 5.44. The summed E-state index contributed by atoms with van der Waals surface area (Å²) in [7, 11) is 0. The Morgan fingerprint density at radius 2 is 2.14 bits per heavy atom. The molecule has 1 amide bonds. The normalized spacial score (nSPS) is 12.0. The Labute approximate surface area is 124 Å². The number of nitrogens with zero attached hydrogens (tertiary/aromatic N) is 1. The Kier molecular flexibility index (Phi) is 4.62. The minimum absolute atomic E-state index is 0.167. The maximum absolute atomic E-state index is 12.4. The summed E-state index contributed by atoms with van der Waals surface area (Å²) in [6.07, 6.45) is 1.60. The number of hydrogen-bond donors (Lipinski definition) is 2. The molecule has 0 saturated carbocycles. The highest BCUT2D eigenvalue weighted by Gasteiger charge is 2.17.